The number of phenolic OH excluding ortho intramolecular Hbond substituents is 1. The molecule has 2 aromatic carbocycles. The molecule has 0 aliphatic heterocycles. The molecule has 9 heteroatoms. The van der Waals surface area contributed by atoms with Gasteiger partial charge in [0, 0.05) is 12.5 Å². The van der Waals surface area contributed by atoms with Gasteiger partial charge in [0.05, 0.1) is 14.2 Å². The van der Waals surface area contributed by atoms with Gasteiger partial charge in [0.1, 0.15) is 0 Å². The average Bonchev–Trinajstić information content (AvgIpc) is 2.68. The van der Waals surface area contributed by atoms with Crippen molar-refractivity contribution in [1.82, 2.24) is 0 Å². The predicted octanol–water partition coefficient (Wildman–Crippen LogP) is 1.19. The summed E-state index contributed by atoms with van der Waals surface area (Å²) >= 11 is 0. The van der Waals surface area contributed by atoms with Crippen LogP contribution in [0.1, 0.15) is 23.6 Å². The minimum atomic E-state index is -0.811. The maximum absolute atomic E-state index is 11.9. The Balaban J connectivity index is 2.35. The summed E-state index contributed by atoms with van der Waals surface area (Å²) in [5.74, 6) is -0.807. The Labute approximate surface area is 167 Å². The van der Waals surface area contributed by atoms with E-state index in [1.165, 1.54) is 32.4 Å². The average molecular weight is 401 g/mol. The maximum atomic E-state index is 11.9. The predicted molar refractivity (Wildman–Crippen MR) is 106 cm³/mol. The Kier molecular flexibility index (Phi) is 7.05. The molecule has 9 nitrogen and oxygen atoms in total. The monoisotopic (exact) mass is 401 g/mol. The standard InChI is InChI=1S/C20H23N3O6/c1-27-16-7-11(3-5-14(16)24)8-18(20(23)26)29-15-6-4-12(9-17(15)28-2)13(21)10-19(22)25/h3-9,13,24H,10,21H2,1-2H3,(H2,22,25)(H2,23,26)/b18-8-. The molecule has 0 aliphatic carbocycles. The van der Waals surface area contributed by atoms with Crippen LogP contribution in [0.5, 0.6) is 23.0 Å². The minimum Gasteiger partial charge on any atom is -0.504 e. The van der Waals surface area contributed by atoms with Crippen LogP contribution in [0, 0.1) is 0 Å². The van der Waals surface area contributed by atoms with Gasteiger partial charge in [-0.05, 0) is 41.5 Å². The van der Waals surface area contributed by atoms with E-state index in [1.807, 2.05) is 0 Å². The Morgan fingerprint density at radius 3 is 2.31 bits per heavy atom. The number of carbonyl (C=O) groups is 2. The van der Waals surface area contributed by atoms with E-state index in [0.29, 0.717) is 11.1 Å². The Hall–Kier alpha value is -3.72. The molecule has 0 aliphatic rings. The number of phenols is 1. The molecule has 0 spiro atoms. The normalized spacial score (nSPS) is 12.2. The fraction of sp³-hybridized carbons (Fsp3) is 0.200. The third-order valence-corrected chi connectivity index (χ3v) is 4.00. The van der Waals surface area contributed by atoms with Crippen molar-refractivity contribution in [2.75, 3.05) is 14.2 Å². The smallest absolute Gasteiger partial charge is 0.284 e. The van der Waals surface area contributed by atoms with Crippen molar-refractivity contribution in [3.05, 3.63) is 53.3 Å². The van der Waals surface area contributed by atoms with Crippen LogP contribution in [0.15, 0.2) is 42.2 Å². The number of hydrogen-bond donors (Lipinski definition) is 4. The molecule has 2 aromatic rings. The zero-order valence-electron chi connectivity index (χ0n) is 16.0. The highest BCUT2D eigenvalue weighted by Crippen LogP contribution is 2.33. The second-order valence-electron chi connectivity index (χ2n) is 6.09. The second-order valence-corrected chi connectivity index (χ2v) is 6.09. The summed E-state index contributed by atoms with van der Waals surface area (Å²) in [5, 5.41) is 9.68. The molecular formula is C20H23N3O6. The second kappa shape index (κ2) is 9.47. The molecule has 29 heavy (non-hydrogen) atoms. The maximum Gasteiger partial charge on any atom is 0.284 e. The number of hydrogen-bond acceptors (Lipinski definition) is 7. The molecule has 0 saturated heterocycles. The van der Waals surface area contributed by atoms with Gasteiger partial charge in [-0.3, -0.25) is 9.59 Å². The van der Waals surface area contributed by atoms with Crippen molar-refractivity contribution in [3.8, 4) is 23.0 Å². The molecule has 0 aromatic heterocycles. The van der Waals surface area contributed by atoms with E-state index in [4.69, 9.17) is 31.4 Å². The number of rotatable bonds is 9. The molecule has 1 unspecified atom stereocenters. The van der Waals surface area contributed by atoms with Crippen LogP contribution in [0.3, 0.4) is 0 Å². The van der Waals surface area contributed by atoms with Crippen LogP contribution in [-0.2, 0) is 9.59 Å². The fourth-order valence-corrected chi connectivity index (χ4v) is 2.54. The zero-order chi connectivity index (χ0) is 21.6. The lowest BCUT2D eigenvalue weighted by Gasteiger charge is -2.15. The van der Waals surface area contributed by atoms with Gasteiger partial charge in [-0.2, -0.15) is 0 Å². The number of benzene rings is 2. The third kappa shape index (κ3) is 5.63. The first-order valence-electron chi connectivity index (χ1n) is 8.53. The van der Waals surface area contributed by atoms with Crippen molar-refractivity contribution in [2.45, 2.75) is 12.5 Å². The summed E-state index contributed by atoms with van der Waals surface area (Å²) in [7, 11) is 2.83. The van der Waals surface area contributed by atoms with Gasteiger partial charge in [0.25, 0.3) is 5.91 Å². The van der Waals surface area contributed by atoms with Crippen molar-refractivity contribution in [1.29, 1.82) is 0 Å². The summed E-state index contributed by atoms with van der Waals surface area (Å²) in [6.45, 7) is 0. The number of carbonyl (C=O) groups excluding carboxylic acids is 2. The number of nitrogens with two attached hydrogens (primary N) is 3. The highest BCUT2D eigenvalue weighted by Gasteiger charge is 2.16. The lowest BCUT2D eigenvalue weighted by Crippen LogP contribution is -2.21. The van der Waals surface area contributed by atoms with E-state index in [9.17, 15) is 14.7 Å². The number of ether oxygens (including phenoxy) is 3. The molecule has 0 saturated carbocycles. The van der Waals surface area contributed by atoms with E-state index >= 15 is 0 Å². The molecule has 1 atom stereocenters. The van der Waals surface area contributed by atoms with Crippen molar-refractivity contribution >= 4 is 17.9 Å². The van der Waals surface area contributed by atoms with Crippen LogP contribution < -0.4 is 31.4 Å². The summed E-state index contributed by atoms with van der Waals surface area (Å²) < 4.78 is 16.0. The molecule has 2 rings (SSSR count). The van der Waals surface area contributed by atoms with Crippen LogP contribution >= 0.6 is 0 Å². The lowest BCUT2D eigenvalue weighted by molar-refractivity contribution is -0.118. The lowest BCUT2D eigenvalue weighted by atomic mass is 10.0. The molecule has 2 amide bonds. The van der Waals surface area contributed by atoms with Crippen LogP contribution in [0.2, 0.25) is 0 Å². The molecule has 0 radical (unpaired) electrons. The number of primary amides is 2. The Bertz CT molecular complexity index is 942. The van der Waals surface area contributed by atoms with E-state index in [2.05, 4.69) is 0 Å². The van der Waals surface area contributed by atoms with Crippen molar-refractivity contribution < 1.29 is 28.9 Å². The quantitative estimate of drug-likeness (QED) is 0.362. The summed E-state index contributed by atoms with van der Waals surface area (Å²) in [6.07, 6.45) is 1.37. The number of methoxy groups -OCH3 is 2. The topological polar surface area (TPSA) is 160 Å². The van der Waals surface area contributed by atoms with Crippen LogP contribution in [0.25, 0.3) is 6.08 Å². The first kappa shape index (κ1) is 21.6. The summed E-state index contributed by atoms with van der Waals surface area (Å²) in [5.41, 5.74) is 17.7. The van der Waals surface area contributed by atoms with E-state index in [0.717, 1.165) is 0 Å². The molecule has 0 heterocycles. The van der Waals surface area contributed by atoms with Gasteiger partial charge in [-0.25, -0.2) is 0 Å². The molecule has 0 bridgehead atoms. The summed E-state index contributed by atoms with van der Waals surface area (Å²) in [6, 6.07) is 8.66. The molecule has 154 valence electrons. The highest BCUT2D eigenvalue weighted by molar-refractivity contribution is 5.95. The Morgan fingerprint density at radius 1 is 1.03 bits per heavy atom. The van der Waals surface area contributed by atoms with E-state index in [-0.39, 0.29) is 35.2 Å². The van der Waals surface area contributed by atoms with Gasteiger partial charge >= 0.3 is 0 Å². The van der Waals surface area contributed by atoms with Crippen molar-refractivity contribution in [2.24, 2.45) is 17.2 Å². The summed E-state index contributed by atoms with van der Waals surface area (Å²) in [4.78, 5) is 22.9. The van der Waals surface area contributed by atoms with Gasteiger partial charge in [0.2, 0.25) is 5.91 Å². The highest BCUT2D eigenvalue weighted by atomic mass is 16.5. The van der Waals surface area contributed by atoms with E-state index in [1.54, 1.807) is 24.3 Å². The molecular weight excluding hydrogens is 378 g/mol. The van der Waals surface area contributed by atoms with E-state index < -0.39 is 17.9 Å². The van der Waals surface area contributed by atoms with Gasteiger partial charge < -0.3 is 36.5 Å². The SMILES string of the molecule is COc1cc(/C=C(\Oc2ccc(C(N)CC(N)=O)cc2OC)C(N)=O)ccc1O. The number of amides is 2. The first-order valence-corrected chi connectivity index (χ1v) is 8.53. The van der Waals surface area contributed by atoms with Gasteiger partial charge in [0.15, 0.2) is 28.8 Å². The fourth-order valence-electron chi connectivity index (χ4n) is 2.54. The third-order valence-electron chi connectivity index (χ3n) is 4.00. The first-order chi connectivity index (χ1) is 13.7. The van der Waals surface area contributed by atoms with Gasteiger partial charge in [-0.15, -0.1) is 0 Å². The van der Waals surface area contributed by atoms with Crippen LogP contribution in [0.4, 0.5) is 0 Å². The minimum absolute atomic E-state index is 0.0293. The van der Waals surface area contributed by atoms with Crippen molar-refractivity contribution in [3.63, 3.8) is 0 Å². The Morgan fingerprint density at radius 2 is 1.72 bits per heavy atom. The number of aromatic hydroxyl groups is 1. The molecule has 7 N–H and O–H groups in total. The van der Waals surface area contributed by atoms with Gasteiger partial charge in [-0.1, -0.05) is 12.1 Å². The zero-order valence-corrected chi connectivity index (χ0v) is 16.0. The molecule has 0 fully saturated rings. The largest absolute Gasteiger partial charge is 0.504 e. The van der Waals surface area contributed by atoms with Crippen LogP contribution in [-0.4, -0.2) is 31.1 Å².